The number of fused-ring (bicyclic) bond motifs is 1. The number of hydrogen-bond donors (Lipinski definition) is 1. The number of halogens is 2. The summed E-state index contributed by atoms with van der Waals surface area (Å²) in [6.07, 6.45) is 1.42. The molecule has 0 bridgehead atoms. The van der Waals surface area contributed by atoms with Crippen LogP contribution < -0.4 is 5.32 Å². The summed E-state index contributed by atoms with van der Waals surface area (Å²) in [6.45, 7) is 0. The first-order valence-electron chi connectivity index (χ1n) is 6.54. The van der Waals surface area contributed by atoms with E-state index in [9.17, 15) is 14.5 Å². The molecule has 1 atom stereocenters. The summed E-state index contributed by atoms with van der Waals surface area (Å²) in [5.74, 6) is -0.195. The number of benzene rings is 2. The first-order chi connectivity index (χ1) is 10.1. The molecule has 1 aliphatic rings. The van der Waals surface area contributed by atoms with Gasteiger partial charge in [-0.25, -0.2) is 4.39 Å². The van der Waals surface area contributed by atoms with Crippen LogP contribution in [-0.2, 0) is 6.42 Å². The Kier molecular flexibility index (Phi) is 3.51. The van der Waals surface area contributed by atoms with Crippen molar-refractivity contribution in [2.24, 2.45) is 0 Å². The van der Waals surface area contributed by atoms with Crippen molar-refractivity contribution in [3.05, 3.63) is 68.5 Å². The Bertz CT molecular complexity index is 721. The Balaban J connectivity index is 1.88. The maximum Gasteiger partial charge on any atom is 0.289 e. The zero-order chi connectivity index (χ0) is 15.0. The van der Waals surface area contributed by atoms with Crippen LogP contribution in [0.25, 0.3) is 0 Å². The largest absolute Gasteiger partial charge is 0.378 e. The Labute approximate surface area is 125 Å². The van der Waals surface area contributed by atoms with Crippen molar-refractivity contribution >= 4 is 23.0 Å². The lowest BCUT2D eigenvalue weighted by atomic mass is 10.1. The van der Waals surface area contributed by atoms with Gasteiger partial charge in [-0.15, -0.1) is 0 Å². The molecule has 1 aliphatic carbocycles. The smallest absolute Gasteiger partial charge is 0.289 e. The topological polar surface area (TPSA) is 55.2 Å². The molecule has 2 aromatic carbocycles. The second-order valence-corrected chi connectivity index (χ2v) is 5.37. The summed E-state index contributed by atoms with van der Waals surface area (Å²) < 4.78 is 13.7. The Hall–Kier alpha value is -2.14. The third kappa shape index (κ3) is 2.56. The van der Waals surface area contributed by atoms with E-state index in [1.165, 1.54) is 18.2 Å². The molecule has 0 saturated heterocycles. The van der Waals surface area contributed by atoms with Crippen LogP contribution in [0.2, 0.25) is 5.02 Å². The van der Waals surface area contributed by atoms with Crippen LogP contribution in [0.4, 0.5) is 15.8 Å². The van der Waals surface area contributed by atoms with Crippen LogP contribution in [0, 0.1) is 15.9 Å². The number of hydrogen-bond acceptors (Lipinski definition) is 3. The summed E-state index contributed by atoms with van der Waals surface area (Å²) in [5.41, 5.74) is 2.10. The minimum Gasteiger partial charge on any atom is -0.378 e. The summed E-state index contributed by atoms with van der Waals surface area (Å²) in [5, 5.41) is 14.2. The van der Waals surface area contributed by atoms with Crippen molar-refractivity contribution in [1.29, 1.82) is 0 Å². The van der Waals surface area contributed by atoms with Crippen molar-refractivity contribution in [1.82, 2.24) is 0 Å². The number of anilines is 1. The van der Waals surface area contributed by atoms with E-state index in [4.69, 9.17) is 11.6 Å². The van der Waals surface area contributed by atoms with Gasteiger partial charge in [0.1, 0.15) is 10.8 Å². The first-order valence-corrected chi connectivity index (χ1v) is 6.92. The molecule has 0 amide bonds. The van der Waals surface area contributed by atoms with Crippen molar-refractivity contribution in [3.63, 3.8) is 0 Å². The van der Waals surface area contributed by atoms with Crippen LogP contribution >= 0.6 is 11.6 Å². The minimum atomic E-state index is -0.518. The molecule has 0 spiro atoms. The van der Waals surface area contributed by atoms with Crippen LogP contribution in [0.5, 0.6) is 0 Å². The second kappa shape index (κ2) is 5.33. The van der Waals surface area contributed by atoms with E-state index in [0.29, 0.717) is 12.1 Å². The molecule has 6 heteroatoms. The van der Waals surface area contributed by atoms with Gasteiger partial charge in [-0.1, -0.05) is 23.7 Å². The average molecular weight is 307 g/mol. The molecule has 0 aromatic heterocycles. The molecule has 0 heterocycles. The van der Waals surface area contributed by atoms with Crippen LogP contribution in [0.1, 0.15) is 23.6 Å². The Morgan fingerprint density at radius 1 is 1.33 bits per heavy atom. The fourth-order valence-corrected chi connectivity index (χ4v) is 2.89. The lowest BCUT2D eigenvalue weighted by molar-refractivity contribution is -0.384. The number of nitro groups is 1. The van der Waals surface area contributed by atoms with Crippen molar-refractivity contribution in [3.8, 4) is 0 Å². The number of nitrogens with one attached hydrogen (secondary N) is 1. The van der Waals surface area contributed by atoms with Crippen LogP contribution in [0.3, 0.4) is 0 Å². The highest BCUT2D eigenvalue weighted by Crippen LogP contribution is 2.36. The van der Waals surface area contributed by atoms with Gasteiger partial charge in [-0.3, -0.25) is 10.1 Å². The van der Waals surface area contributed by atoms with Crippen LogP contribution in [0.15, 0.2) is 36.4 Å². The molecule has 4 nitrogen and oxygen atoms in total. The molecule has 108 valence electrons. The lowest BCUT2D eigenvalue weighted by Crippen LogP contribution is -2.07. The fraction of sp³-hybridized carbons (Fsp3) is 0.200. The summed E-state index contributed by atoms with van der Waals surface area (Å²) in [6, 6.07) is 9.55. The van der Waals surface area contributed by atoms with Gasteiger partial charge in [0.2, 0.25) is 0 Å². The Morgan fingerprint density at radius 3 is 2.90 bits per heavy atom. The fourth-order valence-electron chi connectivity index (χ4n) is 2.70. The van der Waals surface area contributed by atoms with Gasteiger partial charge in [0.05, 0.1) is 11.0 Å². The maximum atomic E-state index is 13.7. The van der Waals surface area contributed by atoms with Crippen LogP contribution in [-0.4, -0.2) is 4.92 Å². The minimum absolute atomic E-state index is 0.0449. The van der Waals surface area contributed by atoms with Crippen molar-refractivity contribution < 1.29 is 9.31 Å². The molecule has 0 saturated carbocycles. The summed E-state index contributed by atoms with van der Waals surface area (Å²) in [7, 11) is 0. The molecular weight excluding hydrogens is 295 g/mol. The molecule has 0 aliphatic heterocycles. The standard InChI is InChI=1S/C15H12ClFN2O2/c16-12-6-4-9(8-15(12)19(20)21)18-14-7-5-10-11(14)2-1-3-13(10)17/h1-4,6,8,14,18H,5,7H2. The highest BCUT2D eigenvalue weighted by Gasteiger charge is 2.25. The third-order valence-electron chi connectivity index (χ3n) is 3.70. The highest BCUT2D eigenvalue weighted by molar-refractivity contribution is 6.32. The molecule has 1 unspecified atom stereocenters. The summed E-state index contributed by atoms with van der Waals surface area (Å²) in [4.78, 5) is 10.4. The molecule has 0 fully saturated rings. The predicted molar refractivity (Wildman–Crippen MR) is 79.2 cm³/mol. The van der Waals surface area contributed by atoms with E-state index in [2.05, 4.69) is 5.32 Å². The normalized spacial score (nSPS) is 16.6. The quantitative estimate of drug-likeness (QED) is 0.671. The zero-order valence-corrected chi connectivity index (χ0v) is 11.7. The summed E-state index contributed by atoms with van der Waals surface area (Å²) >= 11 is 5.79. The molecule has 0 radical (unpaired) electrons. The SMILES string of the molecule is O=[N+]([O-])c1cc(NC2CCc3c(F)cccc32)ccc1Cl. The van der Waals surface area contributed by atoms with Crippen molar-refractivity contribution in [2.45, 2.75) is 18.9 Å². The van der Waals surface area contributed by atoms with E-state index in [1.54, 1.807) is 12.1 Å². The van der Waals surface area contributed by atoms with E-state index in [0.717, 1.165) is 17.5 Å². The lowest BCUT2D eigenvalue weighted by Gasteiger charge is -2.15. The maximum absolute atomic E-state index is 13.7. The third-order valence-corrected chi connectivity index (χ3v) is 4.02. The zero-order valence-electron chi connectivity index (χ0n) is 11.0. The molecule has 1 N–H and O–H groups in total. The molecular formula is C15H12ClFN2O2. The number of nitro benzene ring substituents is 1. The van der Waals surface area contributed by atoms with Gasteiger partial charge >= 0.3 is 0 Å². The molecule has 21 heavy (non-hydrogen) atoms. The van der Waals surface area contributed by atoms with E-state index in [1.807, 2.05) is 6.07 Å². The highest BCUT2D eigenvalue weighted by atomic mass is 35.5. The van der Waals surface area contributed by atoms with Gasteiger partial charge in [0, 0.05) is 11.8 Å². The first kappa shape index (κ1) is 13.8. The Morgan fingerprint density at radius 2 is 2.14 bits per heavy atom. The van der Waals surface area contributed by atoms with Gasteiger partial charge in [-0.05, 0) is 42.2 Å². The van der Waals surface area contributed by atoms with E-state index < -0.39 is 4.92 Å². The van der Waals surface area contributed by atoms with Gasteiger partial charge in [0.25, 0.3) is 5.69 Å². The van der Waals surface area contributed by atoms with E-state index in [-0.39, 0.29) is 22.6 Å². The van der Waals surface area contributed by atoms with E-state index >= 15 is 0 Å². The van der Waals surface area contributed by atoms with Gasteiger partial charge in [-0.2, -0.15) is 0 Å². The monoisotopic (exact) mass is 306 g/mol. The van der Waals surface area contributed by atoms with Crippen molar-refractivity contribution in [2.75, 3.05) is 5.32 Å². The van der Waals surface area contributed by atoms with Gasteiger partial charge in [0.15, 0.2) is 0 Å². The average Bonchev–Trinajstić information content (AvgIpc) is 2.85. The molecule has 2 aromatic rings. The predicted octanol–water partition coefficient (Wildman–Crippen LogP) is 4.49. The molecule has 3 rings (SSSR count). The second-order valence-electron chi connectivity index (χ2n) is 4.97. The van der Waals surface area contributed by atoms with Gasteiger partial charge < -0.3 is 5.32 Å². The number of nitrogens with zero attached hydrogens (tertiary/aromatic N) is 1. The number of rotatable bonds is 3.